The van der Waals surface area contributed by atoms with Gasteiger partial charge >= 0.3 is 0 Å². The highest BCUT2D eigenvalue weighted by atomic mass is 16.5. The van der Waals surface area contributed by atoms with Gasteiger partial charge in [-0.1, -0.05) is 36.4 Å². The molecular weight excluding hydrogens is 326 g/mol. The highest BCUT2D eigenvalue weighted by molar-refractivity contribution is 5.97. The van der Waals surface area contributed by atoms with Gasteiger partial charge in [0.2, 0.25) is 5.95 Å². The molecule has 0 saturated heterocycles. The zero-order chi connectivity index (χ0) is 17.8. The quantitative estimate of drug-likeness (QED) is 0.746. The molecule has 26 heavy (non-hydrogen) atoms. The first-order valence-corrected chi connectivity index (χ1v) is 8.71. The van der Waals surface area contributed by atoms with E-state index >= 15 is 0 Å². The van der Waals surface area contributed by atoms with Crippen LogP contribution >= 0.6 is 0 Å². The van der Waals surface area contributed by atoms with Gasteiger partial charge in [0.25, 0.3) is 0 Å². The fourth-order valence-electron chi connectivity index (χ4n) is 2.99. The van der Waals surface area contributed by atoms with Gasteiger partial charge < -0.3 is 10.1 Å². The number of hydrogen-bond acceptors (Lipinski definition) is 5. The topological polar surface area (TPSA) is 64.1 Å². The van der Waals surface area contributed by atoms with Crippen molar-refractivity contribution in [2.45, 2.75) is 25.9 Å². The van der Waals surface area contributed by atoms with Crippen molar-refractivity contribution in [3.05, 3.63) is 77.6 Å². The first-order valence-electron chi connectivity index (χ1n) is 8.71. The van der Waals surface area contributed by atoms with E-state index in [-0.39, 0.29) is 5.78 Å². The summed E-state index contributed by atoms with van der Waals surface area (Å²) in [6.07, 6.45) is 3.88. The lowest BCUT2D eigenvalue weighted by Gasteiger charge is -2.14. The van der Waals surface area contributed by atoms with Crippen molar-refractivity contribution >= 4 is 17.4 Å². The molecule has 5 nitrogen and oxygen atoms in total. The number of ketones is 1. The van der Waals surface area contributed by atoms with Crippen molar-refractivity contribution in [3.63, 3.8) is 0 Å². The summed E-state index contributed by atoms with van der Waals surface area (Å²) in [5, 5.41) is 3.19. The van der Waals surface area contributed by atoms with Crippen LogP contribution in [-0.2, 0) is 13.0 Å². The second kappa shape index (κ2) is 7.35. The Balaban J connectivity index is 1.46. The highest BCUT2D eigenvalue weighted by Gasteiger charge is 2.19. The van der Waals surface area contributed by atoms with E-state index in [0.717, 1.165) is 35.5 Å². The number of carbonyl (C=O) groups excluding carboxylic acids is 1. The molecule has 3 aromatic rings. The Bertz CT molecular complexity index is 926. The second-order valence-electron chi connectivity index (χ2n) is 6.26. The van der Waals surface area contributed by atoms with E-state index < -0.39 is 0 Å². The van der Waals surface area contributed by atoms with Crippen molar-refractivity contribution in [1.29, 1.82) is 0 Å². The molecule has 0 atom stereocenters. The highest BCUT2D eigenvalue weighted by Crippen LogP contribution is 2.23. The van der Waals surface area contributed by atoms with Gasteiger partial charge in [0.1, 0.15) is 12.4 Å². The van der Waals surface area contributed by atoms with Gasteiger partial charge in [0, 0.05) is 24.4 Å². The Hall–Kier alpha value is -3.21. The number of nitrogens with one attached hydrogen (secondary N) is 1. The fourth-order valence-corrected chi connectivity index (χ4v) is 2.99. The maximum Gasteiger partial charge on any atom is 0.227 e. The third-order valence-corrected chi connectivity index (χ3v) is 4.32. The number of carbonyl (C=O) groups is 1. The molecule has 0 fully saturated rings. The lowest BCUT2D eigenvalue weighted by Crippen LogP contribution is -2.14. The molecule has 0 spiro atoms. The normalized spacial score (nSPS) is 13.2. The van der Waals surface area contributed by atoms with E-state index in [2.05, 4.69) is 15.3 Å². The summed E-state index contributed by atoms with van der Waals surface area (Å²) in [5.41, 5.74) is 3.45. The van der Waals surface area contributed by atoms with Crippen LogP contribution < -0.4 is 10.1 Å². The first kappa shape index (κ1) is 16.3. The van der Waals surface area contributed by atoms with E-state index in [1.807, 2.05) is 54.6 Å². The summed E-state index contributed by atoms with van der Waals surface area (Å²) in [5.74, 6) is 1.40. The molecule has 1 N–H and O–H groups in total. The Kier molecular flexibility index (Phi) is 4.60. The molecule has 0 unspecified atom stereocenters. The zero-order valence-electron chi connectivity index (χ0n) is 14.3. The van der Waals surface area contributed by atoms with Crippen LogP contribution in [-0.4, -0.2) is 15.8 Å². The van der Waals surface area contributed by atoms with Crippen LogP contribution in [0, 0.1) is 0 Å². The van der Waals surface area contributed by atoms with Crippen LogP contribution in [0.3, 0.4) is 0 Å². The molecule has 5 heteroatoms. The summed E-state index contributed by atoms with van der Waals surface area (Å²) in [6.45, 7) is 0.516. The molecule has 1 heterocycles. The third-order valence-electron chi connectivity index (χ3n) is 4.32. The Morgan fingerprint density at radius 2 is 1.92 bits per heavy atom. The number of fused-ring (bicyclic) bond motifs is 1. The molecule has 2 aromatic carbocycles. The Labute approximate surface area is 152 Å². The van der Waals surface area contributed by atoms with E-state index in [1.54, 1.807) is 6.20 Å². The van der Waals surface area contributed by atoms with Crippen molar-refractivity contribution in [2.75, 3.05) is 5.32 Å². The summed E-state index contributed by atoms with van der Waals surface area (Å²) >= 11 is 0. The average Bonchev–Trinajstić information content (AvgIpc) is 2.68. The summed E-state index contributed by atoms with van der Waals surface area (Å²) in [4.78, 5) is 20.6. The SMILES string of the molecule is O=C1CCCc2nc(Nc3cccc(OCc4ccccc4)c3)ncc21. The van der Waals surface area contributed by atoms with Crippen molar-refractivity contribution in [2.24, 2.45) is 0 Å². The van der Waals surface area contributed by atoms with Crippen molar-refractivity contribution in [3.8, 4) is 5.75 Å². The first-order chi connectivity index (χ1) is 12.8. The standard InChI is InChI=1S/C21H19N3O2/c25-20-11-5-10-19-18(20)13-22-21(24-19)23-16-8-4-9-17(12-16)26-14-15-6-2-1-3-7-15/h1-4,6-9,12-13H,5,10-11,14H2,(H,22,23,24). The van der Waals surface area contributed by atoms with Gasteiger partial charge in [-0.3, -0.25) is 4.79 Å². The lowest BCUT2D eigenvalue weighted by molar-refractivity contribution is 0.0971. The number of rotatable bonds is 5. The molecule has 0 bridgehead atoms. The van der Waals surface area contributed by atoms with Crippen LogP contribution in [0.25, 0.3) is 0 Å². The van der Waals surface area contributed by atoms with Crippen LogP contribution in [0.4, 0.5) is 11.6 Å². The van der Waals surface area contributed by atoms with Crippen LogP contribution in [0.5, 0.6) is 5.75 Å². The number of aryl methyl sites for hydroxylation is 1. The maximum atomic E-state index is 11.9. The largest absolute Gasteiger partial charge is 0.489 e. The smallest absolute Gasteiger partial charge is 0.227 e. The van der Waals surface area contributed by atoms with Crippen molar-refractivity contribution < 1.29 is 9.53 Å². The fraction of sp³-hybridized carbons (Fsp3) is 0.190. The third kappa shape index (κ3) is 3.72. The molecule has 0 amide bonds. The molecular formula is C21H19N3O2. The van der Waals surface area contributed by atoms with Crippen LogP contribution in [0.2, 0.25) is 0 Å². The van der Waals surface area contributed by atoms with Gasteiger partial charge in [-0.05, 0) is 30.5 Å². The number of aromatic nitrogens is 2. The molecule has 4 rings (SSSR count). The number of hydrogen-bond donors (Lipinski definition) is 1. The summed E-state index contributed by atoms with van der Waals surface area (Å²) < 4.78 is 5.85. The minimum atomic E-state index is 0.133. The predicted octanol–water partition coefficient (Wildman–Crippen LogP) is 4.32. The number of nitrogens with zero attached hydrogens (tertiary/aromatic N) is 2. The van der Waals surface area contributed by atoms with E-state index in [1.165, 1.54) is 0 Å². The monoisotopic (exact) mass is 345 g/mol. The molecule has 1 aliphatic rings. The van der Waals surface area contributed by atoms with Gasteiger partial charge in [0.15, 0.2) is 5.78 Å². The Morgan fingerprint density at radius 1 is 1.04 bits per heavy atom. The number of anilines is 2. The molecule has 0 radical (unpaired) electrons. The number of benzene rings is 2. The van der Waals surface area contributed by atoms with Gasteiger partial charge in [0.05, 0.1) is 11.3 Å². The minimum Gasteiger partial charge on any atom is -0.489 e. The molecule has 0 saturated carbocycles. The Morgan fingerprint density at radius 3 is 2.81 bits per heavy atom. The lowest BCUT2D eigenvalue weighted by atomic mass is 9.96. The second-order valence-corrected chi connectivity index (χ2v) is 6.26. The zero-order valence-corrected chi connectivity index (χ0v) is 14.3. The average molecular weight is 345 g/mol. The van der Waals surface area contributed by atoms with Crippen molar-refractivity contribution in [1.82, 2.24) is 9.97 Å². The molecule has 130 valence electrons. The van der Waals surface area contributed by atoms with E-state index in [0.29, 0.717) is 24.5 Å². The number of Topliss-reactive ketones (excluding diaryl/α,β-unsaturated/α-hetero) is 1. The summed E-state index contributed by atoms with van der Waals surface area (Å²) in [7, 11) is 0. The van der Waals surface area contributed by atoms with E-state index in [9.17, 15) is 4.79 Å². The molecule has 1 aliphatic carbocycles. The van der Waals surface area contributed by atoms with Gasteiger partial charge in [-0.25, -0.2) is 9.97 Å². The molecule has 1 aromatic heterocycles. The van der Waals surface area contributed by atoms with Gasteiger partial charge in [-0.2, -0.15) is 0 Å². The number of ether oxygens (including phenoxy) is 1. The van der Waals surface area contributed by atoms with Crippen LogP contribution in [0.15, 0.2) is 60.8 Å². The molecule has 0 aliphatic heterocycles. The van der Waals surface area contributed by atoms with Gasteiger partial charge in [-0.15, -0.1) is 0 Å². The summed E-state index contributed by atoms with van der Waals surface area (Å²) in [6, 6.07) is 17.7. The maximum absolute atomic E-state index is 11.9. The van der Waals surface area contributed by atoms with Crippen LogP contribution in [0.1, 0.15) is 34.5 Å². The van der Waals surface area contributed by atoms with E-state index in [4.69, 9.17) is 4.74 Å². The minimum absolute atomic E-state index is 0.133. The predicted molar refractivity (Wildman–Crippen MR) is 99.8 cm³/mol.